The van der Waals surface area contributed by atoms with E-state index in [2.05, 4.69) is 25.3 Å². The number of nitrogens with zero attached hydrogens (tertiary/aromatic N) is 4. The van der Waals surface area contributed by atoms with Gasteiger partial charge in [0, 0.05) is 47.5 Å². The zero-order chi connectivity index (χ0) is 27.2. The highest BCUT2D eigenvalue weighted by Crippen LogP contribution is 2.27. The van der Waals surface area contributed by atoms with Crippen molar-refractivity contribution >= 4 is 77.6 Å². The second-order valence-electron chi connectivity index (χ2n) is 8.24. The minimum atomic E-state index is -1.74. The average Bonchev–Trinajstić information content (AvgIpc) is 2.87. The lowest BCUT2D eigenvalue weighted by Gasteiger charge is -2.46. The van der Waals surface area contributed by atoms with Crippen LogP contribution in [0.4, 0.5) is 11.4 Å². The van der Waals surface area contributed by atoms with Gasteiger partial charge in [-0.25, -0.2) is 14.8 Å². The van der Waals surface area contributed by atoms with Gasteiger partial charge >= 0.3 is 5.97 Å². The molecule has 12 heteroatoms. The fourth-order valence-electron chi connectivity index (χ4n) is 3.35. The lowest BCUT2D eigenvalue weighted by molar-refractivity contribution is -0.167. The quantitative estimate of drug-likeness (QED) is 0.207. The van der Waals surface area contributed by atoms with Crippen LogP contribution in [0.2, 0.25) is 10.0 Å². The SMILES string of the molecule is CC(CS)C(=O)N(C(C(=O)O)N(C(=O)C(C)CS)N(C)c1ccc(Cl)cc1)N(C)c1ccc(Cl)cc1. The van der Waals surface area contributed by atoms with Crippen LogP contribution in [-0.2, 0) is 14.4 Å². The second kappa shape index (κ2) is 13.3. The summed E-state index contributed by atoms with van der Waals surface area (Å²) < 4.78 is 0. The van der Waals surface area contributed by atoms with Crippen LogP contribution >= 0.6 is 48.5 Å². The van der Waals surface area contributed by atoms with Gasteiger partial charge in [-0.1, -0.05) is 37.0 Å². The van der Waals surface area contributed by atoms with Gasteiger partial charge in [-0.15, -0.1) is 0 Å². The van der Waals surface area contributed by atoms with Crippen LogP contribution in [0, 0.1) is 11.8 Å². The molecule has 2 rings (SSSR count). The van der Waals surface area contributed by atoms with Crippen molar-refractivity contribution < 1.29 is 19.5 Å². The summed E-state index contributed by atoms with van der Waals surface area (Å²) in [5.41, 5.74) is 0.989. The number of carboxylic acid groups (broad SMARTS) is 1. The van der Waals surface area contributed by atoms with E-state index in [1.807, 2.05) is 0 Å². The Kier molecular flexibility index (Phi) is 11.1. The standard InChI is InChI=1S/C24H30Cl2N4O4S2/c1-15(13-35)22(31)29(27(3)19-9-5-17(25)6-10-19)21(24(33)34)30(23(32)16(2)14-36)28(4)20-11-7-18(26)8-12-20/h5-12,15-16,21,35-36H,13-14H2,1-4H3,(H,33,34). The van der Waals surface area contributed by atoms with Gasteiger partial charge in [-0.05, 0) is 48.5 Å². The van der Waals surface area contributed by atoms with E-state index >= 15 is 0 Å². The van der Waals surface area contributed by atoms with Crippen LogP contribution in [0.25, 0.3) is 0 Å². The van der Waals surface area contributed by atoms with Gasteiger partial charge in [0.15, 0.2) is 0 Å². The molecule has 0 aromatic heterocycles. The van der Waals surface area contributed by atoms with Gasteiger partial charge < -0.3 is 5.11 Å². The minimum absolute atomic E-state index is 0.171. The number of carbonyl (C=O) groups excluding carboxylic acids is 2. The number of carboxylic acids is 1. The zero-order valence-electron chi connectivity index (χ0n) is 20.4. The fraction of sp³-hybridized carbons (Fsp3) is 0.375. The van der Waals surface area contributed by atoms with E-state index in [4.69, 9.17) is 23.2 Å². The predicted molar refractivity (Wildman–Crippen MR) is 151 cm³/mol. The second-order valence-corrected chi connectivity index (χ2v) is 9.85. The van der Waals surface area contributed by atoms with Crippen LogP contribution in [0.3, 0.4) is 0 Å². The number of benzene rings is 2. The third kappa shape index (κ3) is 6.94. The molecule has 0 saturated carbocycles. The van der Waals surface area contributed by atoms with E-state index in [-0.39, 0.29) is 11.5 Å². The Labute approximate surface area is 232 Å². The number of amides is 2. The molecule has 36 heavy (non-hydrogen) atoms. The van der Waals surface area contributed by atoms with Crippen molar-refractivity contribution in [3.05, 3.63) is 58.6 Å². The summed E-state index contributed by atoms with van der Waals surface area (Å²) in [6.45, 7) is 3.28. The largest absolute Gasteiger partial charge is 0.478 e. The molecular formula is C24H30Cl2N4O4S2. The van der Waals surface area contributed by atoms with Crippen molar-refractivity contribution in [2.75, 3.05) is 35.6 Å². The number of carbonyl (C=O) groups is 3. The van der Waals surface area contributed by atoms with E-state index in [9.17, 15) is 19.5 Å². The lowest BCUT2D eigenvalue weighted by atomic mass is 10.1. The monoisotopic (exact) mass is 572 g/mol. The van der Waals surface area contributed by atoms with Crippen LogP contribution < -0.4 is 10.0 Å². The molecule has 2 aromatic carbocycles. The molecule has 0 aliphatic heterocycles. The minimum Gasteiger partial charge on any atom is -0.478 e. The van der Waals surface area contributed by atoms with Gasteiger partial charge in [-0.2, -0.15) is 25.3 Å². The highest BCUT2D eigenvalue weighted by Gasteiger charge is 2.44. The normalized spacial score (nSPS) is 13.3. The van der Waals surface area contributed by atoms with Crippen LogP contribution in [0.5, 0.6) is 0 Å². The van der Waals surface area contributed by atoms with Gasteiger partial charge in [0.2, 0.25) is 18.0 Å². The molecular weight excluding hydrogens is 543 g/mol. The van der Waals surface area contributed by atoms with Crippen molar-refractivity contribution in [2.24, 2.45) is 11.8 Å². The molecule has 0 heterocycles. The van der Waals surface area contributed by atoms with Gasteiger partial charge in [0.25, 0.3) is 0 Å². The summed E-state index contributed by atoms with van der Waals surface area (Å²) in [5, 5.41) is 16.4. The first kappa shape index (κ1) is 30.0. The number of hydrogen-bond donors (Lipinski definition) is 3. The van der Waals surface area contributed by atoms with E-state index < -0.39 is 35.8 Å². The highest BCUT2D eigenvalue weighted by atomic mass is 35.5. The van der Waals surface area contributed by atoms with Crippen molar-refractivity contribution in [3.8, 4) is 0 Å². The van der Waals surface area contributed by atoms with E-state index in [0.29, 0.717) is 21.4 Å². The number of hydrogen-bond acceptors (Lipinski definition) is 7. The topological polar surface area (TPSA) is 84.4 Å². The van der Waals surface area contributed by atoms with Crippen molar-refractivity contribution in [2.45, 2.75) is 20.0 Å². The number of hydrazine groups is 2. The molecule has 2 unspecified atom stereocenters. The van der Waals surface area contributed by atoms with Gasteiger partial charge in [0.05, 0.1) is 11.4 Å². The Morgan fingerprint density at radius 3 is 1.31 bits per heavy atom. The number of halogens is 2. The first-order valence-corrected chi connectivity index (χ1v) is 13.1. The van der Waals surface area contributed by atoms with Gasteiger partial charge in [-0.3, -0.25) is 19.6 Å². The summed E-state index contributed by atoms with van der Waals surface area (Å²) in [7, 11) is 3.10. The van der Waals surface area contributed by atoms with E-state index in [0.717, 1.165) is 10.0 Å². The fourth-order valence-corrected chi connectivity index (χ4v) is 3.91. The summed E-state index contributed by atoms with van der Waals surface area (Å²) in [6, 6.07) is 13.1. The van der Waals surface area contributed by atoms with Crippen LogP contribution in [0.15, 0.2) is 48.5 Å². The third-order valence-corrected chi connectivity index (χ3v) is 7.17. The number of thiol groups is 2. The molecule has 0 saturated heterocycles. The maximum absolute atomic E-state index is 13.6. The zero-order valence-corrected chi connectivity index (χ0v) is 23.7. The van der Waals surface area contributed by atoms with E-state index in [1.54, 1.807) is 76.5 Å². The molecule has 2 amide bonds. The molecule has 196 valence electrons. The molecule has 0 spiro atoms. The molecule has 2 atom stereocenters. The molecule has 0 radical (unpaired) electrons. The Morgan fingerprint density at radius 1 is 0.750 bits per heavy atom. The third-order valence-electron chi connectivity index (χ3n) is 5.57. The smallest absolute Gasteiger partial charge is 0.351 e. The molecule has 0 aliphatic rings. The summed E-state index contributed by atoms with van der Waals surface area (Å²) in [6.07, 6.45) is -1.74. The molecule has 0 fully saturated rings. The molecule has 1 N–H and O–H groups in total. The molecule has 2 aromatic rings. The molecule has 0 bridgehead atoms. The first-order chi connectivity index (χ1) is 16.9. The van der Waals surface area contributed by atoms with Crippen molar-refractivity contribution in [1.82, 2.24) is 10.0 Å². The molecule has 8 nitrogen and oxygen atoms in total. The number of rotatable bonds is 11. The van der Waals surface area contributed by atoms with Crippen molar-refractivity contribution in [1.29, 1.82) is 0 Å². The number of aliphatic carboxylic acids is 1. The maximum Gasteiger partial charge on any atom is 0.351 e. The number of anilines is 2. The maximum atomic E-state index is 13.6. The summed E-state index contributed by atoms with van der Waals surface area (Å²) in [5.74, 6) is -3.42. The summed E-state index contributed by atoms with van der Waals surface area (Å²) >= 11 is 20.5. The lowest BCUT2D eigenvalue weighted by Crippen LogP contribution is -2.67. The van der Waals surface area contributed by atoms with E-state index in [1.165, 1.54) is 10.0 Å². The van der Waals surface area contributed by atoms with Crippen LogP contribution in [-0.4, -0.2) is 64.7 Å². The van der Waals surface area contributed by atoms with Crippen LogP contribution in [0.1, 0.15) is 13.8 Å². The van der Waals surface area contributed by atoms with Crippen molar-refractivity contribution in [3.63, 3.8) is 0 Å². The van der Waals surface area contributed by atoms with Gasteiger partial charge in [0.1, 0.15) is 0 Å². The highest BCUT2D eigenvalue weighted by molar-refractivity contribution is 7.80. The Morgan fingerprint density at radius 2 is 1.06 bits per heavy atom. The Bertz CT molecular complexity index is 982. The average molecular weight is 574 g/mol. The summed E-state index contributed by atoms with van der Waals surface area (Å²) in [4.78, 5) is 40.1. The molecule has 0 aliphatic carbocycles. The Balaban J connectivity index is 2.73. The predicted octanol–water partition coefficient (Wildman–Crippen LogP) is 4.60. The first-order valence-electron chi connectivity index (χ1n) is 11.0. The Hall–Kier alpha value is -2.27.